The molecular formula is C19H25NO4. The van der Waals surface area contributed by atoms with E-state index in [9.17, 15) is 4.79 Å². The highest BCUT2D eigenvalue weighted by Crippen LogP contribution is 2.37. The van der Waals surface area contributed by atoms with Crippen molar-refractivity contribution in [3.8, 4) is 11.5 Å². The van der Waals surface area contributed by atoms with E-state index in [1.54, 1.807) is 0 Å². The van der Waals surface area contributed by atoms with Crippen LogP contribution in [-0.2, 0) is 16.1 Å². The second-order valence-corrected chi connectivity index (χ2v) is 6.91. The van der Waals surface area contributed by atoms with Crippen LogP contribution in [-0.4, -0.2) is 36.4 Å². The van der Waals surface area contributed by atoms with Crippen LogP contribution in [0.5, 0.6) is 11.5 Å². The van der Waals surface area contributed by atoms with Gasteiger partial charge in [-0.2, -0.15) is 0 Å². The molecule has 0 unspecified atom stereocenters. The standard InChI is InChI=1S/C19H25NO4/c21-19(17-10-5-11-22-17)20(15-7-2-1-3-8-15)12-14-6-4-9-16-18(14)24-13-23-16/h4,6,9,15,17H,1-3,5,7-8,10-13H2/t17-/m1/s1. The molecule has 0 radical (unpaired) electrons. The van der Waals surface area contributed by atoms with Gasteiger partial charge in [0, 0.05) is 24.8 Å². The molecule has 2 heterocycles. The Morgan fingerprint density at radius 3 is 2.75 bits per heavy atom. The number of carbonyl (C=O) groups excluding carboxylic acids is 1. The largest absolute Gasteiger partial charge is 0.454 e. The van der Waals surface area contributed by atoms with Crippen molar-refractivity contribution in [1.82, 2.24) is 4.90 Å². The van der Waals surface area contributed by atoms with Crippen molar-refractivity contribution in [2.75, 3.05) is 13.4 Å². The minimum atomic E-state index is -0.263. The molecule has 2 aliphatic heterocycles. The number of benzene rings is 1. The van der Waals surface area contributed by atoms with E-state index in [1.165, 1.54) is 19.3 Å². The first-order chi connectivity index (χ1) is 11.8. The molecule has 0 bridgehead atoms. The van der Waals surface area contributed by atoms with Gasteiger partial charge in [0.25, 0.3) is 5.91 Å². The van der Waals surface area contributed by atoms with Gasteiger partial charge in [-0.15, -0.1) is 0 Å². The first-order valence-electron chi connectivity index (χ1n) is 9.12. The van der Waals surface area contributed by atoms with Gasteiger partial charge in [-0.25, -0.2) is 0 Å². The SMILES string of the molecule is O=C([C@H]1CCCO1)N(Cc1cccc2c1OCO2)C1CCCCC1. The summed E-state index contributed by atoms with van der Waals surface area (Å²) in [5.74, 6) is 1.72. The number of para-hydroxylation sites is 1. The highest BCUT2D eigenvalue weighted by atomic mass is 16.7. The predicted octanol–water partition coefficient (Wildman–Crippen LogP) is 3.26. The third kappa shape index (κ3) is 3.09. The topological polar surface area (TPSA) is 48.0 Å². The highest BCUT2D eigenvalue weighted by molar-refractivity contribution is 5.81. The number of fused-ring (bicyclic) bond motifs is 1. The summed E-state index contributed by atoms with van der Waals surface area (Å²) in [5, 5.41) is 0. The first-order valence-corrected chi connectivity index (χ1v) is 9.12. The number of nitrogens with zero attached hydrogens (tertiary/aromatic N) is 1. The lowest BCUT2D eigenvalue weighted by Crippen LogP contribution is -2.45. The summed E-state index contributed by atoms with van der Waals surface area (Å²) in [5.41, 5.74) is 1.03. The Hall–Kier alpha value is -1.75. The van der Waals surface area contributed by atoms with E-state index >= 15 is 0 Å². The number of hydrogen-bond donors (Lipinski definition) is 0. The maximum atomic E-state index is 13.1. The molecule has 1 amide bonds. The van der Waals surface area contributed by atoms with Crippen molar-refractivity contribution in [3.05, 3.63) is 23.8 Å². The number of hydrogen-bond acceptors (Lipinski definition) is 4. The molecule has 4 rings (SSSR count). The van der Waals surface area contributed by atoms with Crippen molar-refractivity contribution in [2.45, 2.75) is 63.6 Å². The maximum absolute atomic E-state index is 13.1. The van der Waals surface area contributed by atoms with Gasteiger partial charge in [0.1, 0.15) is 6.10 Å². The molecule has 0 aromatic heterocycles. The van der Waals surface area contributed by atoms with E-state index in [0.29, 0.717) is 19.2 Å². The average Bonchev–Trinajstić information content (AvgIpc) is 3.31. The molecule has 1 saturated heterocycles. The van der Waals surface area contributed by atoms with Crippen molar-refractivity contribution >= 4 is 5.91 Å². The molecule has 0 spiro atoms. The van der Waals surface area contributed by atoms with Crippen LogP contribution in [0, 0.1) is 0 Å². The summed E-state index contributed by atoms with van der Waals surface area (Å²) in [4.78, 5) is 15.1. The van der Waals surface area contributed by atoms with E-state index in [0.717, 1.165) is 42.7 Å². The summed E-state index contributed by atoms with van der Waals surface area (Å²) in [6, 6.07) is 6.23. The molecule has 1 aromatic rings. The van der Waals surface area contributed by atoms with Crippen LogP contribution in [0.3, 0.4) is 0 Å². The number of rotatable bonds is 4. The fraction of sp³-hybridized carbons (Fsp3) is 0.632. The summed E-state index contributed by atoms with van der Waals surface area (Å²) in [7, 11) is 0. The van der Waals surface area contributed by atoms with E-state index < -0.39 is 0 Å². The maximum Gasteiger partial charge on any atom is 0.252 e. The van der Waals surface area contributed by atoms with Gasteiger partial charge in [0.15, 0.2) is 11.5 Å². The second kappa shape index (κ2) is 7.01. The van der Waals surface area contributed by atoms with Crippen molar-refractivity contribution in [2.24, 2.45) is 0 Å². The van der Waals surface area contributed by atoms with Crippen LogP contribution >= 0.6 is 0 Å². The van der Waals surface area contributed by atoms with Crippen molar-refractivity contribution < 1.29 is 19.0 Å². The normalized spacial score (nSPS) is 23.4. The van der Waals surface area contributed by atoms with Gasteiger partial charge >= 0.3 is 0 Å². The zero-order chi connectivity index (χ0) is 16.4. The molecule has 5 nitrogen and oxygen atoms in total. The number of ether oxygens (including phenoxy) is 3. The molecule has 2 fully saturated rings. The summed E-state index contributed by atoms with van der Waals surface area (Å²) >= 11 is 0. The third-order valence-electron chi connectivity index (χ3n) is 5.32. The van der Waals surface area contributed by atoms with Gasteiger partial charge in [0.05, 0.1) is 0 Å². The fourth-order valence-corrected chi connectivity index (χ4v) is 4.04. The third-order valence-corrected chi connectivity index (χ3v) is 5.32. The van der Waals surface area contributed by atoms with Crippen LogP contribution in [0.2, 0.25) is 0 Å². The van der Waals surface area contributed by atoms with Crippen LogP contribution in [0.4, 0.5) is 0 Å². The molecule has 24 heavy (non-hydrogen) atoms. The molecule has 130 valence electrons. The predicted molar refractivity (Wildman–Crippen MR) is 89.0 cm³/mol. The quantitative estimate of drug-likeness (QED) is 0.850. The highest BCUT2D eigenvalue weighted by Gasteiger charge is 2.34. The molecule has 0 N–H and O–H groups in total. The van der Waals surface area contributed by atoms with Crippen LogP contribution in [0.25, 0.3) is 0 Å². The van der Waals surface area contributed by atoms with Crippen molar-refractivity contribution in [3.63, 3.8) is 0 Å². The Morgan fingerprint density at radius 1 is 1.08 bits per heavy atom. The Labute approximate surface area is 142 Å². The Morgan fingerprint density at radius 2 is 1.96 bits per heavy atom. The van der Waals surface area contributed by atoms with E-state index in [1.807, 2.05) is 23.1 Å². The zero-order valence-corrected chi connectivity index (χ0v) is 14.0. The van der Waals surface area contributed by atoms with Gasteiger partial charge < -0.3 is 19.1 Å². The van der Waals surface area contributed by atoms with Gasteiger partial charge in [-0.05, 0) is 31.7 Å². The fourth-order valence-electron chi connectivity index (χ4n) is 4.04. The lowest BCUT2D eigenvalue weighted by atomic mass is 9.93. The van der Waals surface area contributed by atoms with Gasteiger partial charge in [-0.1, -0.05) is 31.4 Å². The van der Waals surface area contributed by atoms with E-state index in [4.69, 9.17) is 14.2 Å². The van der Waals surface area contributed by atoms with E-state index in [-0.39, 0.29) is 18.8 Å². The van der Waals surface area contributed by atoms with E-state index in [2.05, 4.69) is 0 Å². The molecule has 3 aliphatic rings. The first kappa shape index (κ1) is 15.8. The summed E-state index contributed by atoms with van der Waals surface area (Å²) < 4.78 is 16.8. The van der Waals surface area contributed by atoms with Gasteiger partial charge in [-0.3, -0.25) is 4.79 Å². The monoisotopic (exact) mass is 331 g/mol. The van der Waals surface area contributed by atoms with Crippen LogP contribution in [0.15, 0.2) is 18.2 Å². The molecule has 1 saturated carbocycles. The smallest absolute Gasteiger partial charge is 0.252 e. The minimum absolute atomic E-state index is 0.149. The number of amides is 1. The van der Waals surface area contributed by atoms with Crippen molar-refractivity contribution in [1.29, 1.82) is 0 Å². The van der Waals surface area contributed by atoms with Crippen LogP contribution < -0.4 is 9.47 Å². The van der Waals surface area contributed by atoms with Crippen LogP contribution in [0.1, 0.15) is 50.5 Å². The molecule has 5 heteroatoms. The summed E-state index contributed by atoms with van der Waals surface area (Å²) in [6.07, 6.45) is 7.41. The Balaban J connectivity index is 1.57. The average molecular weight is 331 g/mol. The number of carbonyl (C=O) groups is 1. The minimum Gasteiger partial charge on any atom is -0.454 e. The second-order valence-electron chi connectivity index (χ2n) is 6.91. The molecule has 1 aliphatic carbocycles. The van der Waals surface area contributed by atoms with Gasteiger partial charge in [0.2, 0.25) is 6.79 Å². The lowest BCUT2D eigenvalue weighted by Gasteiger charge is -2.36. The molecule has 1 atom stereocenters. The Kier molecular flexibility index (Phi) is 4.60. The lowest BCUT2D eigenvalue weighted by molar-refractivity contribution is -0.144. The molecule has 1 aromatic carbocycles. The Bertz CT molecular complexity index is 591. The molecular weight excluding hydrogens is 306 g/mol. The summed E-state index contributed by atoms with van der Waals surface area (Å²) in [6.45, 7) is 1.54. The zero-order valence-electron chi connectivity index (χ0n) is 14.0.